The molecule has 5 heteroatoms. The van der Waals surface area contributed by atoms with Crippen molar-refractivity contribution >= 4 is 38.4 Å². The molecule has 0 saturated heterocycles. The van der Waals surface area contributed by atoms with Gasteiger partial charge in [-0.15, -0.1) is 0 Å². The Balaban J connectivity index is 1.97. The zero-order valence-corrected chi connectivity index (χ0v) is 21.9. The van der Waals surface area contributed by atoms with Crippen molar-refractivity contribution in [2.24, 2.45) is 0 Å². The van der Waals surface area contributed by atoms with Gasteiger partial charge in [0.1, 0.15) is 0 Å². The van der Waals surface area contributed by atoms with Crippen LogP contribution in [0.2, 0.25) is 19.8 Å². The van der Waals surface area contributed by atoms with Gasteiger partial charge < -0.3 is 0 Å². The second-order valence-corrected chi connectivity index (χ2v) is 29.1. The molecule has 136 valence electrons. The van der Waals surface area contributed by atoms with Gasteiger partial charge in [0, 0.05) is 0 Å². The Morgan fingerprint density at radius 1 is 0.600 bits per heavy atom. The Bertz CT molecular complexity index is 587. The molecule has 25 heavy (non-hydrogen) atoms. The number of hydrogen-bond donors (Lipinski definition) is 0. The van der Waals surface area contributed by atoms with Gasteiger partial charge in [0.2, 0.25) is 0 Å². The van der Waals surface area contributed by atoms with E-state index in [2.05, 4.69) is 57.9 Å². The van der Waals surface area contributed by atoms with Crippen molar-refractivity contribution in [1.82, 2.24) is 0 Å². The van der Waals surface area contributed by atoms with E-state index in [9.17, 15) is 0 Å². The van der Waals surface area contributed by atoms with E-state index in [-0.39, 0.29) is 12.2 Å². The molecule has 2 aromatic rings. The summed E-state index contributed by atoms with van der Waals surface area (Å²) >= 11 is -6.20. The molecule has 0 aromatic heterocycles. The molecule has 2 atom stereocenters. The molecule has 0 heterocycles. The average molecular weight is 556 g/mol. The summed E-state index contributed by atoms with van der Waals surface area (Å²) in [6.45, 7) is 4.21. The Labute approximate surface area is 162 Å². The fraction of sp³-hybridized carbons (Fsp3) is 0.400. The van der Waals surface area contributed by atoms with E-state index in [1.54, 1.807) is 0 Å². The van der Waals surface area contributed by atoms with Crippen molar-refractivity contribution in [2.75, 3.05) is 0 Å². The Hall–Kier alpha value is -0.0826. The molecule has 0 bridgehead atoms. The van der Waals surface area contributed by atoms with Crippen molar-refractivity contribution in [3.05, 3.63) is 71.8 Å². The van der Waals surface area contributed by atoms with Crippen molar-refractivity contribution in [3.63, 3.8) is 0 Å². The molecule has 0 saturated carbocycles. The third kappa shape index (κ3) is 7.21. The van der Waals surface area contributed by atoms with E-state index in [0.717, 1.165) is 0 Å². The molecule has 3 nitrogen and oxygen atoms in total. The molecule has 0 aliphatic rings. The minimum atomic E-state index is -3.10. The van der Waals surface area contributed by atoms with Crippen LogP contribution < -0.4 is 0 Å². The second-order valence-electron chi connectivity index (χ2n) is 7.24. The standard InChI is InChI=1S/2C8H9O.4CH3.O.2Sn/c2*1-7(9)8-5-3-2-4-6-8;;;;;;;/h2*2-7H,1H3;4*1H3;;;/q2*-1;;;;;;2*+1. The third-order valence-corrected chi connectivity index (χ3v) is 30.8. The Kier molecular flexibility index (Phi) is 7.82. The first-order valence-electron chi connectivity index (χ1n) is 8.84. The zero-order chi connectivity index (χ0) is 18.5. The van der Waals surface area contributed by atoms with Gasteiger partial charge in [0.25, 0.3) is 0 Å². The van der Waals surface area contributed by atoms with Gasteiger partial charge in [0.05, 0.1) is 0 Å². The van der Waals surface area contributed by atoms with Crippen LogP contribution in [0.3, 0.4) is 0 Å². The van der Waals surface area contributed by atoms with Crippen LogP contribution in [0.4, 0.5) is 0 Å². The maximum absolute atomic E-state index is 6.59. The first-order chi connectivity index (χ1) is 11.7. The predicted octanol–water partition coefficient (Wildman–Crippen LogP) is 5.96. The summed E-state index contributed by atoms with van der Waals surface area (Å²) in [6, 6.07) is 20.7. The van der Waals surface area contributed by atoms with Crippen molar-refractivity contribution in [2.45, 2.75) is 45.8 Å². The molecule has 0 aliphatic heterocycles. The molecule has 2 rings (SSSR count). The topological polar surface area (TPSA) is 27.7 Å². The van der Waals surface area contributed by atoms with Crippen LogP contribution >= 0.6 is 0 Å². The Morgan fingerprint density at radius 3 is 1.24 bits per heavy atom. The van der Waals surface area contributed by atoms with Crippen LogP contribution in [-0.2, 0) is 7.56 Å². The van der Waals surface area contributed by atoms with Crippen LogP contribution in [-0.4, -0.2) is 38.4 Å². The summed E-state index contributed by atoms with van der Waals surface area (Å²) in [5.41, 5.74) is 2.39. The number of rotatable bonds is 8. The molecule has 2 unspecified atom stereocenters. The Morgan fingerprint density at radius 2 is 0.920 bits per heavy atom. The van der Waals surface area contributed by atoms with E-state index < -0.39 is 38.4 Å². The van der Waals surface area contributed by atoms with E-state index in [1.807, 2.05) is 36.4 Å². The van der Waals surface area contributed by atoms with Crippen LogP contribution in [0.15, 0.2) is 60.7 Å². The normalized spacial score (nSPS) is 15.0. The molecule has 2 aromatic carbocycles. The molecule has 0 N–H and O–H groups in total. The van der Waals surface area contributed by atoms with Crippen molar-refractivity contribution in [1.29, 1.82) is 0 Å². The summed E-state index contributed by atoms with van der Waals surface area (Å²) < 4.78 is 19.4. The van der Waals surface area contributed by atoms with Gasteiger partial charge in [0.15, 0.2) is 0 Å². The minimum absolute atomic E-state index is 0.0561. The van der Waals surface area contributed by atoms with Gasteiger partial charge in [-0.05, 0) is 0 Å². The molecule has 0 spiro atoms. The van der Waals surface area contributed by atoms with Gasteiger partial charge in [-0.3, -0.25) is 0 Å². The van der Waals surface area contributed by atoms with Crippen LogP contribution in [0.5, 0.6) is 0 Å². The van der Waals surface area contributed by atoms with Crippen LogP contribution in [0.25, 0.3) is 0 Å². The maximum atomic E-state index is 6.59. The summed E-state index contributed by atoms with van der Waals surface area (Å²) in [7, 11) is 0. The summed E-state index contributed by atoms with van der Waals surface area (Å²) in [5.74, 6) is 0. The molecule has 0 amide bonds. The van der Waals surface area contributed by atoms with Crippen molar-refractivity contribution < 1.29 is 7.56 Å². The first-order valence-corrected chi connectivity index (χ1v) is 24.9. The van der Waals surface area contributed by atoms with E-state index in [1.165, 1.54) is 11.1 Å². The molecular weight excluding hydrogens is 526 g/mol. The third-order valence-electron chi connectivity index (χ3n) is 3.95. The van der Waals surface area contributed by atoms with Gasteiger partial charge in [-0.25, -0.2) is 0 Å². The molecular formula is C20H30O3Sn2. The monoisotopic (exact) mass is 558 g/mol. The fourth-order valence-corrected chi connectivity index (χ4v) is 36.9. The van der Waals surface area contributed by atoms with E-state index in [0.29, 0.717) is 0 Å². The van der Waals surface area contributed by atoms with Gasteiger partial charge >= 0.3 is 164 Å². The molecule has 0 aliphatic carbocycles. The SMILES string of the molecule is CC([O][Sn]([CH3])([CH3])[O][Sn]([CH3])([CH3])[O]C(C)c1ccccc1)c1ccccc1. The van der Waals surface area contributed by atoms with Crippen molar-refractivity contribution in [3.8, 4) is 0 Å². The number of benzene rings is 2. The zero-order valence-electron chi connectivity index (χ0n) is 16.2. The molecule has 0 fully saturated rings. The number of hydrogen-bond acceptors (Lipinski definition) is 3. The second kappa shape index (κ2) is 9.22. The first kappa shape index (κ1) is 21.2. The van der Waals surface area contributed by atoms with E-state index in [4.69, 9.17) is 7.56 Å². The quantitative estimate of drug-likeness (QED) is 0.376. The van der Waals surface area contributed by atoms with Gasteiger partial charge in [-0.1, -0.05) is 0 Å². The molecule has 0 radical (unpaired) electrons. The summed E-state index contributed by atoms with van der Waals surface area (Å²) in [4.78, 5) is 8.74. The summed E-state index contributed by atoms with van der Waals surface area (Å²) in [5, 5.41) is 0. The van der Waals surface area contributed by atoms with Crippen LogP contribution in [0, 0.1) is 0 Å². The average Bonchev–Trinajstić information content (AvgIpc) is 2.54. The summed E-state index contributed by atoms with van der Waals surface area (Å²) in [6.07, 6.45) is 0.112. The van der Waals surface area contributed by atoms with Gasteiger partial charge in [-0.2, -0.15) is 0 Å². The fourth-order valence-electron chi connectivity index (χ4n) is 3.08. The predicted molar refractivity (Wildman–Crippen MR) is 108 cm³/mol. The van der Waals surface area contributed by atoms with Crippen LogP contribution in [0.1, 0.15) is 37.2 Å². The van der Waals surface area contributed by atoms with E-state index >= 15 is 0 Å².